The maximum absolute atomic E-state index is 5.22. The average molecular weight is 258 g/mol. The molecule has 2 aromatic heterocycles. The number of nitrogens with one attached hydrogen (secondary N) is 1. The van der Waals surface area contributed by atoms with Gasteiger partial charge in [-0.25, -0.2) is 4.98 Å². The quantitative estimate of drug-likeness (QED) is 0.756. The van der Waals surface area contributed by atoms with E-state index in [9.17, 15) is 0 Å². The van der Waals surface area contributed by atoms with E-state index in [-0.39, 0.29) is 0 Å². The second-order valence-electron chi connectivity index (χ2n) is 4.32. The van der Waals surface area contributed by atoms with Gasteiger partial charge in [0.2, 0.25) is 0 Å². The third-order valence-corrected chi connectivity index (χ3v) is 4.25. The zero-order valence-electron chi connectivity index (χ0n) is 10.6. The lowest BCUT2D eigenvalue weighted by atomic mass is 10.3. The highest BCUT2D eigenvalue weighted by atomic mass is 32.1. The zero-order valence-corrected chi connectivity index (χ0v) is 11.4. The minimum absolute atomic E-state index is 0.844. The Hall–Kier alpha value is -1.81. The van der Waals surface area contributed by atoms with Crippen LogP contribution in [0.25, 0.3) is 21.7 Å². The van der Waals surface area contributed by atoms with Crippen molar-refractivity contribution < 1.29 is 4.74 Å². The molecule has 92 valence electrons. The molecule has 0 fully saturated rings. The summed E-state index contributed by atoms with van der Waals surface area (Å²) in [7, 11) is 1.67. The Morgan fingerprint density at radius 2 is 2.06 bits per heavy atom. The van der Waals surface area contributed by atoms with Crippen LogP contribution in [0.1, 0.15) is 10.4 Å². The fourth-order valence-corrected chi connectivity index (χ4v) is 2.90. The molecule has 0 aliphatic heterocycles. The summed E-state index contributed by atoms with van der Waals surface area (Å²) >= 11 is 1.77. The molecule has 0 atom stereocenters. The minimum Gasteiger partial charge on any atom is -0.497 e. The van der Waals surface area contributed by atoms with Crippen molar-refractivity contribution >= 4 is 22.4 Å². The van der Waals surface area contributed by atoms with Gasteiger partial charge in [-0.05, 0) is 37.6 Å². The van der Waals surface area contributed by atoms with Crippen LogP contribution in [0.5, 0.6) is 5.75 Å². The first-order valence-corrected chi connectivity index (χ1v) is 6.60. The van der Waals surface area contributed by atoms with Crippen molar-refractivity contribution in [1.29, 1.82) is 0 Å². The number of hydrogen-bond acceptors (Lipinski definition) is 3. The highest BCUT2D eigenvalue weighted by Gasteiger charge is 2.09. The Morgan fingerprint density at radius 1 is 1.22 bits per heavy atom. The van der Waals surface area contributed by atoms with E-state index in [4.69, 9.17) is 4.74 Å². The van der Waals surface area contributed by atoms with E-state index in [2.05, 4.69) is 29.9 Å². The SMILES string of the molecule is COc1ccc2nc(-c3cc(C)c(C)s3)[nH]c2c1. The number of aromatic nitrogens is 2. The largest absolute Gasteiger partial charge is 0.497 e. The third kappa shape index (κ3) is 1.78. The van der Waals surface area contributed by atoms with Crippen molar-refractivity contribution in [1.82, 2.24) is 9.97 Å². The highest BCUT2D eigenvalue weighted by Crippen LogP contribution is 2.30. The first-order valence-electron chi connectivity index (χ1n) is 5.78. The van der Waals surface area contributed by atoms with Crippen LogP contribution in [0.3, 0.4) is 0 Å². The van der Waals surface area contributed by atoms with E-state index in [1.54, 1.807) is 18.4 Å². The summed E-state index contributed by atoms with van der Waals surface area (Å²) in [6, 6.07) is 8.05. The van der Waals surface area contributed by atoms with E-state index in [1.807, 2.05) is 18.2 Å². The van der Waals surface area contributed by atoms with Crippen LogP contribution in [0.4, 0.5) is 0 Å². The van der Waals surface area contributed by atoms with Crippen molar-refractivity contribution in [2.24, 2.45) is 0 Å². The van der Waals surface area contributed by atoms with E-state index in [1.165, 1.54) is 15.3 Å². The van der Waals surface area contributed by atoms with Crippen LogP contribution < -0.4 is 4.74 Å². The maximum Gasteiger partial charge on any atom is 0.148 e. The van der Waals surface area contributed by atoms with Crippen LogP contribution >= 0.6 is 11.3 Å². The van der Waals surface area contributed by atoms with E-state index in [0.717, 1.165) is 22.6 Å². The smallest absolute Gasteiger partial charge is 0.148 e. The number of thiophene rings is 1. The van der Waals surface area contributed by atoms with Crippen LogP contribution in [-0.2, 0) is 0 Å². The molecule has 18 heavy (non-hydrogen) atoms. The van der Waals surface area contributed by atoms with Crippen LogP contribution in [-0.4, -0.2) is 17.1 Å². The number of ether oxygens (including phenoxy) is 1. The van der Waals surface area contributed by atoms with Gasteiger partial charge in [0, 0.05) is 10.9 Å². The van der Waals surface area contributed by atoms with Gasteiger partial charge in [-0.3, -0.25) is 0 Å². The monoisotopic (exact) mass is 258 g/mol. The topological polar surface area (TPSA) is 37.9 Å². The minimum atomic E-state index is 0.844. The number of nitrogens with zero attached hydrogens (tertiary/aromatic N) is 1. The van der Waals surface area contributed by atoms with Crippen molar-refractivity contribution in [3.05, 3.63) is 34.7 Å². The molecule has 0 amide bonds. The Balaban J connectivity index is 2.12. The Bertz CT molecular complexity index is 692. The fraction of sp³-hybridized carbons (Fsp3) is 0.214. The number of aryl methyl sites for hydroxylation is 2. The van der Waals surface area contributed by atoms with Crippen molar-refractivity contribution in [3.63, 3.8) is 0 Å². The molecule has 0 radical (unpaired) electrons. The number of H-pyrrole nitrogens is 1. The van der Waals surface area contributed by atoms with Gasteiger partial charge >= 0.3 is 0 Å². The van der Waals surface area contributed by atoms with Crippen molar-refractivity contribution in [2.75, 3.05) is 7.11 Å². The van der Waals surface area contributed by atoms with Crippen LogP contribution in [0.15, 0.2) is 24.3 Å². The molecule has 1 aromatic carbocycles. The molecule has 0 saturated heterocycles. The molecule has 0 aliphatic carbocycles. The number of fused-ring (bicyclic) bond motifs is 1. The standard InChI is InChI=1S/C14H14N2OS/c1-8-6-13(18-9(8)2)14-15-11-5-4-10(17-3)7-12(11)16-14/h4-7H,1-3H3,(H,15,16). The summed E-state index contributed by atoms with van der Waals surface area (Å²) in [6.07, 6.45) is 0. The van der Waals surface area contributed by atoms with Crippen molar-refractivity contribution in [2.45, 2.75) is 13.8 Å². The van der Waals surface area contributed by atoms with E-state index in [0.29, 0.717) is 0 Å². The van der Waals surface area contributed by atoms with Gasteiger partial charge in [0.05, 0.1) is 23.0 Å². The van der Waals surface area contributed by atoms with Gasteiger partial charge < -0.3 is 9.72 Å². The number of hydrogen-bond donors (Lipinski definition) is 1. The lowest BCUT2D eigenvalue weighted by molar-refractivity contribution is 0.415. The molecule has 0 saturated carbocycles. The maximum atomic E-state index is 5.22. The molecular formula is C14H14N2OS. The van der Waals surface area contributed by atoms with Gasteiger partial charge in [0.25, 0.3) is 0 Å². The van der Waals surface area contributed by atoms with Gasteiger partial charge in [0.1, 0.15) is 11.6 Å². The molecular weight excluding hydrogens is 244 g/mol. The molecule has 3 aromatic rings. The predicted octanol–water partition coefficient (Wildman–Crippen LogP) is 3.92. The van der Waals surface area contributed by atoms with E-state index >= 15 is 0 Å². The molecule has 3 nitrogen and oxygen atoms in total. The number of aromatic amines is 1. The second-order valence-corrected chi connectivity index (χ2v) is 5.57. The third-order valence-electron chi connectivity index (χ3n) is 3.09. The van der Waals surface area contributed by atoms with Crippen molar-refractivity contribution in [3.8, 4) is 16.5 Å². The molecule has 0 unspecified atom stereocenters. The molecule has 3 rings (SSSR count). The summed E-state index contributed by atoms with van der Waals surface area (Å²) in [6.45, 7) is 4.26. The second kappa shape index (κ2) is 4.14. The fourth-order valence-electron chi connectivity index (χ4n) is 1.92. The number of rotatable bonds is 2. The van der Waals surface area contributed by atoms with Gasteiger partial charge in [-0.1, -0.05) is 0 Å². The summed E-state index contributed by atoms with van der Waals surface area (Å²) in [5.74, 6) is 1.77. The molecule has 4 heteroatoms. The number of imidazole rings is 1. The zero-order chi connectivity index (χ0) is 12.7. The lowest BCUT2D eigenvalue weighted by Crippen LogP contribution is -1.81. The molecule has 2 heterocycles. The predicted molar refractivity (Wildman–Crippen MR) is 75.4 cm³/mol. The molecule has 1 N–H and O–H groups in total. The number of methoxy groups -OCH3 is 1. The number of benzene rings is 1. The van der Waals surface area contributed by atoms with Crippen LogP contribution in [0, 0.1) is 13.8 Å². The first-order chi connectivity index (χ1) is 8.67. The highest BCUT2D eigenvalue weighted by molar-refractivity contribution is 7.15. The van der Waals surface area contributed by atoms with Gasteiger partial charge in [-0.2, -0.15) is 0 Å². The molecule has 0 spiro atoms. The molecule has 0 aliphatic rings. The van der Waals surface area contributed by atoms with Gasteiger partial charge in [0.15, 0.2) is 0 Å². The van der Waals surface area contributed by atoms with Crippen LogP contribution in [0.2, 0.25) is 0 Å². The molecule has 0 bridgehead atoms. The Morgan fingerprint density at radius 3 is 2.72 bits per heavy atom. The first kappa shape index (κ1) is 11.3. The Kier molecular flexibility index (Phi) is 2.59. The van der Waals surface area contributed by atoms with Gasteiger partial charge in [-0.15, -0.1) is 11.3 Å². The lowest BCUT2D eigenvalue weighted by Gasteiger charge is -1.96. The summed E-state index contributed by atoms with van der Waals surface area (Å²) in [5, 5.41) is 0. The Labute approximate surface area is 109 Å². The summed E-state index contributed by atoms with van der Waals surface area (Å²) in [5.41, 5.74) is 3.29. The summed E-state index contributed by atoms with van der Waals surface area (Å²) in [4.78, 5) is 10.5. The average Bonchev–Trinajstić information content (AvgIpc) is 2.92. The van der Waals surface area contributed by atoms with E-state index < -0.39 is 0 Å². The summed E-state index contributed by atoms with van der Waals surface area (Å²) < 4.78 is 5.22. The normalized spacial score (nSPS) is 11.1.